The molecule has 1 fully saturated rings. The number of hydrogen-bond acceptors (Lipinski definition) is 4. The van der Waals surface area contributed by atoms with Crippen LogP contribution in [0, 0.1) is 0 Å². The minimum atomic E-state index is -0.367. The molecular weight excluding hydrogens is 449 g/mol. The molecule has 2 aromatic carbocycles. The largest absolute Gasteiger partial charge is 0.451 e. The molecule has 0 unspecified atom stereocenters. The summed E-state index contributed by atoms with van der Waals surface area (Å²) in [5.74, 6) is 0.561. The van der Waals surface area contributed by atoms with Gasteiger partial charge in [0.2, 0.25) is 5.91 Å². The standard InChI is InChI=1S/C24H23Cl2N3O3/c1-2-23(30)29-13-11-28(12-14-29)20-8-7-18(26)15-19(20)27-24(31)22-10-9-21(32-22)16-3-5-17(25)6-4-16/h3-10,15H,2,11-14H2,1H3,(H,27,31). The third-order valence-corrected chi connectivity index (χ3v) is 5.93. The second kappa shape index (κ2) is 9.67. The molecule has 1 N–H and O–H groups in total. The van der Waals surface area contributed by atoms with Gasteiger partial charge < -0.3 is 19.5 Å². The van der Waals surface area contributed by atoms with Crippen molar-refractivity contribution in [2.75, 3.05) is 36.4 Å². The lowest BCUT2D eigenvalue weighted by atomic mass is 10.2. The van der Waals surface area contributed by atoms with Gasteiger partial charge in [-0.3, -0.25) is 9.59 Å². The molecule has 2 heterocycles. The molecular formula is C24H23Cl2N3O3. The lowest BCUT2D eigenvalue weighted by Gasteiger charge is -2.37. The summed E-state index contributed by atoms with van der Waals surface area (Å²) >= 11 is 12.1. The van der Waals surface area contributed by atoms with Crippen LogP contribution in [0.1, 0.15) is 23.9 Å². The van der Waals surface area contributed by atoms with Crippen LogP contribution in [0.15, 0.2) is 59.0 Å². The quantitative estimate of drug-likeness (QED) is 0.528. The van der Waals surface area contributed by atoms with E-state index in [0.29, 0.717) is 54.1 Å². The van der Waals surface area contributed by atoms with E-state index in [1.54, 1.807) is 36.4 Å². The highest BCUT2D eigenvalue weighted by atomic mass is 35.5. The molecule has 0 saturated carbocycles. The number of nitrogens with one attached hydrogen (secondary N) is 1. The molecule has 0 bridgehead atoms. The van der Waals surface area contributed by atoms with E-state index in [4.69, 9.17) is 27.6 Å². The van der Waals surface area contributed by atoms with Crippen molar-refractivity contribution in [2.24, 2.45) is 0 Å². The molecule has 2 amide bonds. The van der Waals surface area contributed by atoms with Crippen LogP contribution in [0.3, 0.4) is 0 Å². The second-order valence-electron chi connectivity index (χ2n) is 7.51. The Morgan fingerprint density at radius 1 is 0.938 bits per heavy atom. The molecule has 6 nitrogen and oxygen atoms in total. The van der Waals surface area contributed by atoms with Gasteiger partial charge in [-0.05, 0) is 54.6 Å². The van der Waals surface area contributed by atoms with Crippen molar-refractivity contribution in [3.63, 3.8) is 0 Å². The van der Waals surface area contributed by atoms with Gasteiger partial charge in [-0.15, -0.1) is 0 Å². The number of hydrogen-bond donors (Lipinski definition) is 1. The summed E-state index contributed by atoms with van der Waals surface area (Å²) in [6.07, 6.45) is 0.503. The number of nitrogens with zero attached hydrogens (tertiary/aromatic N) is 2. The minimum absolute atomic E-state index is 0.156. The van der Waals surface area contributed by atoms with E-state index < -0.39 is 0 Å². The highest BCUT2D eigenvalue weighted by molar-refractivity contribution is 6.31. The number of halogens is 2. The van der Waals surface area contributed by atoms with Gasteiger partial charge in [0.15, 0.2) is 5.76 Å². The molecule has 0 spiro atoms. The third-order valence-electron chi connectivity index (χ3n) is 5.44. The predicted octanol–water partition coefficient (Wildman–Crippen LogP) is 5.56. The monoisotopic (exact) mass is 471 g/mol. The fraction of sp³-hybridized carbons (Fsp3) is 0.250. The molecule has 166 valence electrons. The van der Waals surface area contributed by atoms with Crippen LogP contribution in [0.2, 0.25) is 10.0 Å². The molecule has 4 rings (SSSR count). The smallest absolute Gasteiger partial charge is 0.291 e. The first-order valence-electron chi connectivity index (χ1n) is 10.4. The summed E-state index contributed by atoms with van der Waals surface area (Å²) in [6, 6.07) is 16.0. The lowest BCUT2D eigenvalue weighted by Crippen LogP contribution is -2.48. The molecule has 0 aliphatic carbocycles. The Labute approximate surface area is 196 Å². The van der Waals surface area contributed by atoms with Crippen LogP contribution in [0.4, 0.5) is 11.4 Å². The van der Waals surface area contributed by atoms with Gasteiger partial charge in [0, 0.05) is 48.2 Å². The maximum Gasteiger partial charge on any atom is 0.291 e. The van der Waals surface area contributed by atoms with Crippen molar-refractivity contribution in [1.82, 2.24) is 4.90 Å². The van der Waals surface area contributed by atoms with Crippen LogP contribution < -0.4 is 10.2 Å². The maximum absolute atomic E-state index is 12.9. The van der Waals surface area contributed by atoms with Gasteiger partial charge in [0.1, 0.15) is 5.76 Å². The van der Waals surface area contributed by atoms with Gasteiger partial charge in [-0.25, -0.2) is 0 Å². The van der Waals surface area contributed by atoms with Crippen LogP contribution in [-0.2, 0) is 4.79 Å². The fourth-order valence-corrected chi connectivity index (χ4v) is 4.02. The molecule has 1 saturated heterocycles. The van der Waals surface area contributed by atoms with Crippen LogP contribution in [-0.4, -0.2) is 42.9 Å². The number of benzene rings is 2. The molecule has 1 aliphatic heterocycles. The number of anilines is 2. The highest BCUT2D eigenvalue weighted by Crippen LogP contribution is 2.31. The van der Waals surface area contributed by atoms with Crippen molar-refractivity contribution in [2.45, 2.75) is 13.3 Å². The number of carbonyl (C=O) groups is 2. The first-order chi connectivity index (χ1) is 15.4. The summed E-state index contributed by atoms with van der Waals surface area (Å²) in [7, 11) is 0. The van der Waals surface area contributed by atoms with Crippen LogP contribution in [0.25, 0.3) is 11.3 Å². The lowest BCUT2D eigenvalue weighted by molar-refractivity contribution is -0.131. The zero-order valence-electron chi connectivity index (χ0n) is 17.6. The number of furan rings is 1. The van der Waals surface area contributed by atoms with Gasteiger partial charge >= 0.3 is 0 Å². The van der Waals surface area contributed by atoms with E-state index in [9.17, 15) is 9.59 Å². The Balaban J connectivity index is 1.50. The van der Waals surface area contributed by atoms with Gasteiger partial charge in [0.25, 0.3) is 5.91 Å². The Kier molecular flexibility index (Phi) is 6.72. The molecule has 8 heteroatoms. The molecule has 3 aromatic rings. The Hall–Kier alpha value is -2.96. The van der Waals surface area contributed by atoms with Crippen molar-refractivity contribution < 1.29 is 14.0 Å². The Morgan fingerprint density at radius 2 is 1.62 bits per heavy atom. The first-order valence-corrected chi connectivity index (χ1v) is 11.2. The highest BCUT2D eigenvalue weighted by Gasteiger charge is 2.23. The van der Waals surface area contributed by atoms with Gasteiger partial charge in [0.05, 0.1) is 11.4 Å². The average molecular weight is 472 g/mol. The van der Waals surface area contributed by atoms with E-state index in [2.05, 4.69) is 10.2 Å². The summed E-state index contributed by atoms with van der Waals surface area (Å²) < 4.78 is 5.77. The molecule has 0 radical (unpaired) electrons. The summed E-state index contributed by atoms with van der Waals surface area (Å²) in [5.41, 5.74) is 2.29. The topological polar surface area (TPSA) is 65.8 Å². The van der Waals surface area contributed by atoms with Crippen LogP contribution in [0.5, 0.6) is 0 Å². The van der Waals surface area contributed by atoms with Crippen molar-refractivity contribution in [1.29, 1.82) is 0 Å². The Morgan fingerprint density at radius 3 is 2.31 bits per heavy atom. The summed E-state index contributed by atoms with van der Waals surface area (Å²) in [5, 5.41) is 4.07. The van der Waals surface area contributed by atoms with E-state index >= 15 is 0 Å². The number of amides is 2. The molecule has 0 atom stereocenters. The summed E-state index contributed by atoms with van der Waals surface area (Å²) in [6.45, 7) is 4.51. The Bertz CT molecular complexity index is 1120. The number of piperazine rings is 1. The normalized spacial score (nSPS) is 13.8. The zero-order valence-corrected chi connectivity index (χ0v) is 19.1. The van der Waals surface area contributed by atoms with E-state index in [-0.39, 0.29) is 17.6 Å². The summed E-state index contributed by atoms with van der Waals surface area (Å²) in [4.78, 5) is 28.9. The van der Waals surface area contributed by atoms with Gasteiger partial charge in [-0.2, -0.15) is 0 Å². The zero-order chi connectivity index (χ0) is 22.7. The minimum Gasteiger partial charge on any atom is -0.451 e. The predicted molar refractivity (Wildman–Crippen MR) is 128 cm³/mol. The first kappa shape index (κ1) is 22.2. The molecule has 1 aromatic heterocycles. The number of rotatable bonds is 5. The van der Waals surface area contributed by atoms with E-state index in [1.807, 2.05) is 30.0 Å². The second-order valence-corrected chi connectivity index (χ2v) is 8.38. The fourth-order valence-electron chi connectivity index (χ4n) is 3.72. The van der Waals surface area contributed by atoms with E-state index in [0.717, 1.165) is 11.3 Å². The molecule has 1 aliphatic rings. The van der Waals surface area contributed by atoms with Crippen LogP contribution >= 0.6 is 23.2 Å². The maximum atomic E-state index is 12.9. The van der Waals surface area contributed by atoms with Crippen molar-refractivity contribution in [3.05, 3.63) is 70.4 Å². The SMILES string of the molecule is CCC(=O)N1CCN(c2ccc(Cl)cc2NC(=O)c2ccc(-c3ccc(Cl)cc3)o2)CC1. The third kappa shape index (κ3) is 4.92. The number of carbonyl (C=O) groups excluding carboxylic acids is 2. The van der Waals surface area contributed by atoms with Crippen molar-refractivity contribution >= 4 is 46.4 Å². The molecule has 32 heavy (non-hydrogen) atoms. The van der Waals surface area contributed by atoms with E-state index in [1.165, 1.54) is 0 Å². The van der Waals surface area contributed by atoms with Crippen molar-refractivity contribution in [3.8, 4) is 11.3 Å². The average Bonchev–Trinajstić information content (AvgIpc) is 3.30. The van der Waals surface area contributed by atoms with Gasteiger partial charge in [-0.1, -0.05) is 30.1 Å².